The van der Waals surface area contributed by atoms with E-state index in [0.717, 1.165) is 0 Å². The fraction of sp³-hybridized carbons (Fsp3) is 0.333. The molecular formula is C12H13ClN2O3. The lowest BCUT2D eigenvalue weighted by molar-refractivity contribution is -0.122. The molecule has 18 heavy (non-hydrogen) atoms. The smallest absolute Gasteiger partial charge is 0.265 e. The number of benzene rings is 1. The van der Waals surface area contributed by atoms with E-state index < -0.39 is 0 Å². The van der Waals surface area contributed by atoms with Gasteiger partial charge in [0, 0.05) is 18.0 Å². The molecule has 0 saturated heterocycles. The SMILES string of the molecule is NC(=O)CCCN1C(=O)COc2ccc(Cl)cc21. The summed E-state index contributed by atoms with van der Waals surface area (Å²) < 4.78 is 5.31. The van der Waals surface area contributed by atoms with Gasteiger partial charge in [0.15, 0.2) is 6.61 Å². The molecule has 0 fully saturated rings. The molecule has 96 valence electrons. The number of ether oxygens (including phenoxy) is 1. The van der Waals surface area contributed by atoms with Crippen molar-refractivity contribution in [2.75, 3.05) is 18.1 Å². The number of fused-ring (bicyclic) bond motifs is 1. The number of primary amides is 1. The Morgan fingerprint density at radius 3 is 3.00 bits per heavy atom. The van der Waals surface area contributed by atoms with Crippen molar-refractivity contribution < 1.29 is 14.3 Å². The van der Waals surface area contributed by atoms with Crippen LogP contribution in [0.25, 0.3) is 0 Å². The molecule has 0 unspecified atom stereocenters. The van der Waals surface area contributed by atoms with E-state index >= 15 is 0 Å². The number of nitrogens with zero attached hydrogens (tertiary/aromatic N) is 1. The summed E-state index contributed by atoms with van der Waals surface area (Å²) in [6, 6.07) is 5.11. The quantitative estimate of drug-likeness (QED) is 0.895. The summed E-state index contributed by atoms with van der Waals surface area (Å²) in [5.74, 6) is 0.106. The van der Waals surface area contributed by atoms with E-state index in [1.165, 1.54) is 0 Å². The number of carbonyl (C=O) groups is 2. The van der Waals surface area contributed by atoms with Crippen molar-refractivity contribution in [3.05, 3.63) is 23.2 Å². The average Bonchev–Trinajstić information content (AvgIpc) is 2.31. The van der Waals surface area contributed by atoms with Gasteiger partial charge in [-0.25, -0.2) is 0 Å². The van der Waals surface area contributed by atoms with E-state index in [1.54, 1.807) is 23.1 Å². The van der Waals surface area contributed by atoms with Crippen LogP contribution in [-0.2, 0) is 9.59 Å². The van der Waals surface area contributed by atoms with Gasteiger partial charge in [-0.15, -0.1) is 0 Å². The highest BCUT2D eigenvalue weighted by atomic mass is 35.5. The molecule has 2 amide bonds. The summed E-state index contributed by atoms with van der Waals surface area (Å²) in [6.07, 6.45) is 0.771. The van der Waals surface area contributed by atoms with Gasteiger partial charge in [0.05, 0.1) is 5.69 Å². The van der Waals surface area contributed by atoms with Crippen LogP contribution in [0.1, 0.15) is 12.8 Å². The summed E-state index contributed by atoms with van der Waals surface area (Å²) in [5.41, 5.74) is 5.72. The van der Waals surface area contributed by atoms with E-state index in [2.05, 4.69) is 0 Å². The van der Waals surface area contributed by atoms with E-state index in [1.807, 2.05) is 0 Å². The third kappa shape index (κ3) is 2.73. The second-order valence-corrected chi connectivity index (χ2v) is 4.45. The highest BCUT2D eigenvalue weighted by Gasteiger charge is 2.25. The van der Waals surface area contributed by atoms with Crippen LogP contribution in [0.15, 0.2) is 18.2 Å². The average molecular weight is 269 g/mol. The zero-order valence-electron chi connectivity index (χ0n) is 9.69. The summed E-state index contributed by atoms with van der Waals surface area (Å²) in [4.78, 5) is 24.1. The van der Waals surface area contributed by atoms with Crippen molar-refractivity contribution in [3.63, 3.8) is 0 Å². The Hall–Kier alpha value is -1.75. The molecular weight excluding hydrogens is 256 g/mol. The summed E-state index contributed by atoms with van der Waals surface area (Å²) in [6.45, 7) is 0.434. The van der Waals surface area contributed by atoms with Gasteiger partial charge in [0.25, 0.3) is 5.91 Å². The van der Waals surface area contributed by atoms with Crippen molar-refractivity contribution in [2.24, 2.45) is 5.73 Å². The molecule has 1 heterocycles. The van der Waals surface area contributed by atoms with Gasteiger partial charge in [0.1, 0.15) is 5.75 Å². The number of rotatable bonds is 4. The number of hydrogen-bond donors (Lipinski definition) is 1. The molecule has 2 N–H and O–H groups in total. The van der Waals surface area contributed by atoms with Gasteiger partial charge >= 0.3 is 0 Å². The Balaban J connectivity index is 2.16. The normalized spacial score (nSPS) is 14.1. The van der Waals surface area contributed by atoms with Gasteiger partial charge < -0.3 is 15.4 Å². The molecule has 0 aromatic heterocycles. The maximum Gasteiger partial charge on any atom is 0.265 e. The van der Waals surface area contributed by atoms with Crippen LogP contribution in [0.3, 0.4) is 0 Å². The lowest BCUT2D eigenvalue weighted by Gasteiger charge is -2.29. The van der Waals surface area contributed by atoms with Crippen LogP contribution in [0, 0.1) is 0 Å². The first-order valence-electron chi connectivity index (χ1n) is 5.59. The molecule has 1 aliphatic rings. The molecule has 0 aliphatic carbocycles. The van der Waals surface area contributed by atoms with Crippen LogP contribution >= 0.6 is 11.6 Å². The van der Waals surface area contributed by atoms with Gasteiger partial charge in [0.2, 0.25) is 5.91 Å². The largest absolute Gasteiger partial charge is 0.482 e. The predicted octanol–water partition coefficient (Wildman–Crippen LogP) is 1.33. The standard InChI is InChI=1S/C12H13ClN2O3/c13-8-3-4-10-9(6-8)15(12(17)7-18-10)5-1-2-11(14)16/h3-4,6H,1-2,5,7H2,(H2,14,16). The number of anilines is 1. The first-order valence-corrected chi connectivity index (χ1v) is 5.97. The third-order valence-corrected chi connectivity index (χ3v) is 2.90. The predicted molar refractivity (Wildman–Crippen MR) is 67.7 cm³/mol. The van der Waals surface area contributed by atoms with E-state index in [-0.39, 0.29) is 24.8 Å². The second kappa shape index (κ2) is 5.27. The van der Waals surface area contributed by atoms with Crippen molar-refractivity contribution >= 4 is 29.1 Å². The summed E-state index contributed by atoms with van der Waals surface area (Å²) in [5, 5.41) is 0.534. The zero-order valence-corrected chi connectivity index (χ0v) is 10.4. The second-order valence-electron chi connectivity index (χ2n) is 4.02. The van der Waals surface area contributed by atoms with Crippen LogP contribution in [-0.4, -0.2) is 25.0 Å². The molecule has 1 aliphatic heterocycles. The Kier molecular flexibility index (Phi) is 3.72. The molecule has 0 radical (unpaired) electrons. The number of carbonyl (C=O) groups excluding carboxylic acids is 2. The molecule has 0 atom stereocenters. The summed E-state index contributed by atoms with van der Waals surface area (Å²) in [7, 11) is 0. The van der Waals surface area contributed by atoms with Gasteiger partial charge in [-0.3, -0.25) is 9.59 Å². The lowest BCUT2D eigenvalue weighted by atomic mass is 10.2. The maximum absolute atomic E-state index is 11.8. The van der Waals surface area contributed by atoms with Crippen molar-refractivity contribution in [1.29, 1.82) is 0 Å². The Bertz CT molecular complexity index is 490. The van der Waals surface area contributed by atoms with Crippen molar-refractivity contribution in [1.82, 2.24) is 0 Å². The number of halogens is 1. The van der Waals surface area contributed by atoms with Crippen molar-refractivity contribution in [2.45, 2.75) is 12.8 Å². The maximum atomic E-state index is 11.8. The lowest BCUT2D eigenvalue weighted by Crippen LogP contribution is -2.39. The van der Waals surface area contributed by atoms with E-state index in [4.69, 9.17) is 22.1 Å². The minimum Gasteiger partial charge on any atom is -0.482 e. The van der Waals surface area contributed by atoms with E-state index in [9.17, 15) is 9.59 Å². The topological polar surface area (TPSA) is 72.6 Å². The Labute approximate surface area is 109 Å². The molecule has 1 aromatic rings. The fourth-order valence-corrected chi connectivity index (χ4v) is 2.00. The zero-order chi connectivity index (χ0) is 13.1. The fourth-order valence-electron chi connectivity index (χ4n) is 1.83. The number of hydrogen-bond acceptors (Lipinski definition) is 3. The molecule has 0 bridgehead atoms. The number of amides is 2. The molecule has 5 nitrogen and oxygen atoms in total. The Morgan fingerprint density at radius 2 is 2.28 bits per heavy atom. The van der Waals surface area contributed by atoms with Gasteiger partial charge in [-0.05, 0) is 24.6 Å². The number of nitrogens with two attached hydrogens (primary N) is 1. The highest BCUT2D eigenvalue weighted by Crippen LogP contribution is 2.34. The summed E-state index contributed by atoms with van der Waals surface area (Å²) >= 11 is 5.91. The third-order valence-electron chi connectivity index (χ3n) is 2.67. The Morgan fingerprint density at radius 1 is 1.50 bits per heavy atom. The van der Waals surface area contributed by atoms with Crippen LogP contribution in [0.5, 0.6) is 5.75 Å². The minimum atomic E-state index is -0.373. The highest BCUT2D eigenvalue weighted by molar-refractivity contribution is 6.31. The molecule has 0 saturated carbocycles. The molecule has 1 aromatic carbocycles. The van der Waals surface area contributed by atoms with E-state index in [0.29, 0.717) is 29.4 Å². The minimum absolute atomic E-state index is 0.00516. The van der Waals surface area contributed by atoms with Gasteiger partial charge in [-0.2, -0.15) is 0 Å². The monoisotopic (exact) mass is 268 g/mol. The molecule has 2 rings (SSSR count). The van der Waals surface area contributed by atoms with Crippen LogP contribution in [0.2, 0.25) is 5.02 Å². The first kappa shape index (κ1) is 12.7. The van der Waals surface area contributed by atoms with Crippen LogP contribution < -0.4 is 15.4 Å². The first-order chi connectivity index (χ1) is 8.58. The molecule has 6 heteroatoms. The molecule has 0 spiro atoms. The van der Waals surface area contributed by atoms with Crippen LogP contribution in [0.4, 0.5) is 5.69 Å². The van der Waals surface area contributed by atoms with Crippen molar-refractivity contribution in [3.8, 4) is 5.75 Å². The van der Waals surface area contributed by atoms with Gasteiger partial charge in [-0.1, -0.05) is 11.6 Å².